The summed E-state index contributed by atoms with van der Waals surface area (Å²) in [7, 11) is 0. The van der Waals surface area contributed by atoms with Gasteiger partial charge in [-0.15, -0.1) is 11.7 Å². The molecule has 3 rings (SSSR count). The molecule has 0 saturated carbocycles. The number of hydrogen-bond donors (Lipinski definition) is 4. The second-order valence-corrected chi connectivity index (χ2v) is 8.74. The summed E-state index contributed by atoms with van der Waals surface area (Å²) in [4.78, 5) is 49.3. The van der Waals surface area contributed by atoms with Crippen LogP contribution < -0.4 is 21.1 Å². The maximum atomic E-state index is 13.0. The van der Waals surface area contributed by atoms with Crippen molar-refractivity contribution in [1.82, 2.24) is 10.2 Å². The lowest BCUT2D eigenvalue weighted by atomic mass is 10.0. The normalized spacial score (nSPS) is 19.0. The third kappa shape index (κ3) is 6.30. The number of nitrogens with one attached hydrogen (secondary N) is 2. The lowest BCUT2D eigenvalue weighted by molar-refractivity contribution is -0.580. The maximum Gasteiger partial charge on any atom is 0.274 e. The second-order valence-electron chi connectivity index (χ2n) is 8.74. The average molecular weight is 496 g/mol. The number of nitrogens with two attached hydrogens (primary N) is 2. The van der Waals surface area contributed by atoms with Gasteiger partial charge in [0, 0.05) is 23.5 Å². The van der Waals surface area contributed by atoms with Crippen molar-refractivity contribution in [2.75, 3.05) is 13.2 Å². The summed E-state index contributed by atoms with van der Waals surface area (Å²) in [6, 6.07) is 4.59. The average Bonchev–Trinajstić information content (AvgIpc) is 3.18. The molecule has 0 aliphatic carbocycles. The van der Waals surface area contributed by atoms with E-state index >= 15 is 0 Å². The molecule has 1 saturated heterocycles. The second kappa shape index (κ2) is 12.0. The number of rotatable bonds is 12. The zero-order chi connectivity index (χ0) is 26.2. The molecule has 0 aromatic heterocycles. The zero-order valence-electron chi connectivity index (χ0n) is 20.2. The van der Waals surface area contributed by atoms with Crippen molar-refractivity contribution >= 4 is 23.6 Å². The molecule has 2 aliphatic rings. The van der Waals surface area contributed by atoms with Gasteiger partial charge in [-0.1, -0.05) is 18.2 Å². The Morgan fingerprint density at radius 1 is 1.42 bits per heavy atom. The first-order chi connectivity index (χ1) is 17.2. The van der Waals surface area contributed by atoms with Crippen molar-refractivity contribution in [2.45, 2.75) is 38.8 Å². The Hall–Kier alpha value is -4.12. The number of hydrogen-bond acceptors (Lipinski definition) is 7. The highest BCUT2D eigenvalue weighted by molar-refractivity contribution is 6.05. The number of imide groups is 1. The smallest absolute Gasteiger partial charge is 0.274 e. The lowest BCUT2D eigenvalue weighted by Gasteiger charge is -2.29. The van der Waals surface area contributed by atoms with E-state index in [2.05, 4.69) is 17.0 Å². The molecule has 11 nitrogen and oxygen atoms in total. The first-order valence-corrected chi connectivity index (χ1v) is 11.6. The maximum absolute atomic E-state index is 13.0. The van der Waals surface area contributed by atoms with Crippen LogP contribution in [-0.4, -0.2) is 47.7 Å². The molecule has 1 fully saturated rings. The monoisotopic (exact) mass is 495 g/mol. The lowest BCUT2D eigenvalue weighted by Crippen LogP contribution is -2.78. The Kier molecular flexibility index (Phi) is 8.85. The quantitative estimate of drug-likeness (QED) is 0.146. The van der Waals surface area contributed by atoms with E-state index in [0.29, 0.717) is 37.3 Å². The van der Waals surface area contributed by atoms with Gasteiger partial charge < -0.3 is 20.7 Å². The number of amides is 4. The summed E-state index contributed by atoms with van der Waals surface area (Å²) in [5.41, 5.74) is 14.2. The fourth-order valence-corrected chi connectivity index (χ4v) is 4.09. The molecule has 2 unspecified atom stereocenters. The summed E-state index contributed by atoms with van der Waals surface area (Å²) in [6.07, 6.45) is 6.46. The Morgan fingerprint density at radius 3 is 2.86 bits per heavy atom. The fourth-order valence-electron chi connectivity index (χ4n) is 4.09. The van der Waals surface area contributed by atoms with E-state index in [1.54, 1.807) is 23.5 Å². The van der Waals surface area contributed by atoms with Gasteiger partial charge in [0.15, 0.2) is 0 Å². The van der Waals surface area contributed by atoms with Crippen LogP contribution in [0.15, 0.2) is 59.5 Å². The summed E-state index contributed by atoms with van der Waals surface area (Å²) >= 11 is 0. The molecular weight excluding hydrogens is 464 g/mol. The Labute approximate surface area is 208 Å². The van der Waals surface area contributed by atoms with Crippen LogP contribution >= 0.6 is 0 Å². The van der Waals surface area contributed by atoms with Crippen LogP contribution in [0.3, 0.4) is 0 Å². The largest absolute Gasteiger partial charge is 0.493 e. The van der Waals surface area contributed by atoms with Crippen LogP contribution in [0, 0.1) is 11.4 Å². The van der Waals surface area contributed by atoms with Crippen molar-refractivity contribution in [3.63, 3.8) is 0 Å². The molecule has 11 heteroatoms. The molecule has 2 atom stereocenters. The van der Waals surface area contributed by atoms with Crippen LogP contribution in [0.2, 0.25) is 0 Å². The number of carbonyl (C=O) groups is 4. The molecule has 0 bridgehead atoms. The van der Waals surface area contributed by atoms with E-state index in [1.807, 2.05) is 19.1 Å². The van der Waals surface area contributed by atoms with Gasteiger partial charge in [-0.05, 0) is 37.5 Å². The SMILES string of the molecule is C=CC(CC=C(C)C[NH2+]C=C(N=N)C(N)=O)COc1cccc2c1CN(C1CCC(=O)NC1=O)C2=O. The van der Waals surface area contributed by atoms with Crippen LogP contribution in [0.1, 0.15) is 42.1 Å². The fraction of sp³-hybridized carbons (Fsp3) is 0.360. The number of quaternary nitrogens is 1. The van der Waals surface area contributed by atoms with Crippen molar-refractivity contribution in [2.24, 2.45) is 16.8 Å². The molecule has 1 aromatic rings. The highest BCUT2D eigenvalue weighted by Crippen LogP contribution is 2.33. The van der Waals surface area contributed by atoms with E-state index < -0.39 is 17.9 Å². The third-order valence-corrected chi connectivity index (χ3v) is 6.18. The van der Waals surface area contributed by atoms with Crippen LogP contribution in [0.4, 0.5) is 0 Å². The predicted molar refractivity (Wildman–Crippen MR) is 129 cm³/mol. The molecule has 2 aliphatic heterocycles. The van der Waals surface area contributed by atoms with Crippen molar-refractivity contribution in [3.8, 4) is 5.75 Å². The Balaban J connectivity index is 1.59. The van der Waals surface area contributed by atoms with E-state index in [-0.39, 0.29) is 36.4 Å². The molecule has 1 aromatic carbocycles. The van der Waals surface area contributed by atoms with Crippen LogP contribution in [-0.2, 0) is 20.9 Å². The first-order valence-electron chi connectivity index (χ1n) is 11.6. The van der Waals surface area contributed by atoms with E-state index in [9.17, 15) is 19.2 Å². The van der Waals surface area contributed by atoms with Gasteiger partial charge in [0.2, 0.25) is 17.5 Å². The van der Waals surface area contributed by atoms with E-state index in [0.717, 1.165) is 11.1 Å². The highest BCUT2D eigenvalue weighted by Gasteiger charge is 2.40. The minimum Gasteiger partial charge on any atom is -0.493 e. The summed E-state index contributed by atoms with van der Waals surface area (Å²) < 4.78 is 6.08. The third-order valence-electron chi connectivity index (χ3n) is 6.18. The number of nitrogens with zero attached hydrogens (tertiary/aromatic N) is 2. The molecule has 190 valence electrons. The molecule has 36 heavy (non-hydrogen) atoms. The Bertz CT molecular complexity index is 1140. The molecule has 4 amide bonds. The highest BCUT2D eigenvalue weighted by atomic mass is 16.5. The summed E-state index contributed by atoms with van der Waals surface area (Å²) in [5, 5.41) is 7.12. The molecule has 0 spiro atoms. The number of primary amides is 1. The van der Waals surface area contributed by atoms with Gasteiger partial charge in [0.25, 0.3) is 11.8 Å². The minimum absolute atomic E-state index is 0.0131. The Morgan fingerprint density at radius 2 is 2.19 bits per heavy atom. The summed E-state index contributed by atoms with van der Waals surface area (Å²) in [5.74, 6) is -1.17. The molecule has 0 radical (unpaired) electrons. The number of benzene rings is 1. The van der Waals surface area contributed by atoms with Crippen LogP contribution in [0.25, 0.3) is 0 Å². The van der Waals surface area contributed by atoms with E-state index in [4.69, 9.17) is 16.0 Å². The number of fused-ring (bicyclic) bond motifs is 1. The van der Waals surface area contributed by atoms with Gasteiger partial charge in [-0.3, -0.25) is 24.5 Å². The van der Waals surface area contributed by atoms with Gasteiger partial charge >= 0.3 is 0 Å². The molecular formula is C25H31N6O5+. The number of carbonyl (C=O) groups excluding carboxylic acids is 4. The number of piperidine rings is 1. The van der Waals surface area contributed by atoms with Crippen molar-refractivity contribution in [1.29, 1.82) is 5.53 Å². The van der Waals surface area contributed by atoms with Gasteiger partial charge in [0.1, 0.15) is 24.5 Å². The van der Waals surface area contributed by atoms with Gasteiger partial charge in [-0.2, -0.15) is 0 Å². The van der Waals surface area contributed by atoms with E-state index in [1.165, 1.54) is 11.1 Å². The van der Waals surface area contributed by atoms with Crippen LogP contribution in [0.5, 0.6) is 5.75 Å². The first kappa shape index (κ1) is 26.5. The van der Waals surface area contributed by atoms with Crippen molar-refractivity contribution in [3.05, 3.63) is 65.5 Å². The molecule has 2 heterocycles. The van der Waals surface area contributed by atoms with Gasteiger partial charge in [-0.25, -0.2) is 5.53 Å². The number of ether oxygens (including phenoxy) is 1. The summed E-state index contributed by atoms with van der Waals surface area (Å²) in [6.45, 7) is 7.01. The topological polar surface area (TPSA) is 172 Å². The minimum atomic E-state index is -0.749. The van der Waals surface area contributed by atoms with Gasteiger partial charge in [0.05, 0.1) is 13.2 Å². The zero-order valence-corrected chi connectivity index (χ0v) is 20.2. The standard InChI is InChI=1S/C25H30N6O5/c1-3-16(8-7-15(2)11-28-12-19(30-27)23(26)33)14-36-21-6-4-5-17-18(21)13-31(25(17)35)20-9-10-22(32)29-24(20)34/h3-7,12,16,20,27-28H,1,8-11,13-14H2,2H3,(H2,26,33)(H,29,32,34)/p+1. The number of allylic oxidation sites excluding steroid dienone is 1. The predicted octanol–water partition coefficient (Wildman–Crippen LogP) is 0.886. The van der Waals surface area contributed by atoms with Crippen molar-refractivity contribution < 1.29 is 29.2 Å². The molecule has 6 N–H and O–H groups in total.